The number of Topliss-reactive ketones (excluding diaryl/α,β-unsaturated/α-hetero) is 1. The van der Waals surface area contributed by atoms with Gasteiger partial charge in [-0.25, -0.2) is 0 Å². The molecule has 68 heavy (non-hydrogen) atoms. The third-order valence-corrected chi connectivity index (χ3v) is 15.5. The summed E-state index contributed by atoms with van der Waals surface area (Å²) in [5.41, 5.74) is 6.09. The molecule has 3 saturated heterocycles. The minimum atomic E-state index is -0.572. The Morgan fingerprint density at radius 2 is 0.941 bits per heavy atom. The van der Waals surface area contributed by atoms with Gasteiger partial charge in [-0.1, -0.05) is 33.1 Å². The number of ketones is 1. The van der Waals surface area contributed by atoms with Crippen LogP contribution >= 0.6 is 0 Å². The maximum Gasteiger partial charge on any atom is 0.226 e. The zero-order chi connectivity index (χ0) is 48.5. The summed E-state index contributed by atoms with van der Waals surface area (Å²) in [6.07, 6.45) is 6.19. The smallest absolute Gasteiger partial charge is 0.226 e. The highest BCUT2D eigenvalue weighted by molar-refractivity contribution is 5.98. The van der Waals surface area contributed by atoms with E-state index in [1.54, 1.807) is 31.4 Å². The molecule has 3 heterocycles. The van der Waals surface area contributed by atoms with E-state index in [0.29, 0.717) is 82.7 Å². The van der Waals surface area contributed by atoms with Crippen LogP contribution in [0.3, 0.4) is 0 Å². The molecule has 7 amide bonds. The normalized spacial score (nSPS) is 31.5. The standard InChI is InChI=1S/C48H73N11O9/c1-25(2)31(42(49)61)20-54-43(62)32-17-50-21-38(32)57-45(64)29-8-5-11-36(29)55-48(67)34-19-52-23-40(34)59-46(65)30-9-6-12-37(30)56-47(66)33-18-51-22-39(33)58-44(63)28-7-4-10-35(28)53-24-41(60)26-13-15-27(68-3)16-14-26/h13-16,25,28-40,50-53H,4-12,17-24H2,1-3H3,(H2,49,61)(H,54,62)(H,55,67)(H,56,66)(H,57,64)(H,58,63)(H,59,65). The van der Waals surface area contributed by atoms with Crippen molar-refractivity contribution in [3.05, 3.63) is 29.8 Å². The molecule has 20 heteroatoms. The number of hydrogen-bond donors (Lipinski definition) is 11. The van der Waals surface area contributed by atoms with Crippen molar-refractivity contribution in [2.24, 2.45) is 53.1 Å². The predicted octanol–water partition coefficient (Wildman–Crippen LogP) is -1.81. The second-order valence-electron chi connectivity index (χ2n) is 20.1. The molecule has 20 nitrogen and oxygen atoms in total. The molecule has 0 bridgehead atoms. The maximum absolute atomic E-state index is 13.9. The van der Waals surface area contributed by atoms with Crippen LogP contribution < -0.4 is 63.6 Å². The first-order valence-corrected chi connectivity index (χ1v) is 24.8. The van der Waals surface area contributed by atoms with Crippen molar-refractivity contribution in [2.75, 3.05) is 59.5 Å². The molecule has 13 atom stereocenters. The van der Waals surface area contributed by atoms with Gasteiger partial charge in [0, 0.05) is 69.5 Å². The fourth-order valence-corrected chi connectivity index (χ4v) is 11.3. The van der Waals surface area contributed by atoms with Crippen molar-refractivity contribution in [3.8, 4) is 5.75 Å². The van der Waals surface area contributed by atoms with Crippen LogP contribution in [0.2, 0.25) is 0 Å². The van der Waals surface area contributed by atoms with E-state index >= 15 is 0 Å². The van der Waals surface area contributed by atoms with Gasteiger partial charge in [-0.3, -0.25) is 38.4 Å². The average Bonchev–Trinajstić information content (AvgIpc) is 4.18. The molecule has 13 unspecified atom stereocenters. The Morgan fingerprint density at radius 1 is 0.544 bits per heavy atom. The van der Waals surface area contributed by atoms with Crippen LogP contribution in [0, 0.1) is 47.3 Å². The van der Waals surface area contributed by atoms with Gasteiger partial charge < -0.3 is 63.6 Å². The minimum Gasteiger partial charge on any atom is -0.497 e. The molecule has 3 aliphatic heterocycles. The van der Waals surface area contributed by atoms with Crippen molar-refractivity contribution in [2.45, 2.75) is 108 Å². The van der Waals surface area contributed by atoms with Crippen LogP contribution in [-0.2, 0) is 33.6 Å². The topological polar surface area (TPSA) is 292 Å². The van der Waals surface area contributed by atoms with Gasteiger partial charge >= 0.3 is 0 Å². The lowest BCUT2D eigenvalue weighted by atomic mass is 9.94. The van der Waals surface area contributed by atoms with Gasteiger partial charge in [0.25, 0.3) is 0 Å². The summed E-state index contributed by atoms with van der Waals surface area (Å²) >= 11 is 0. The third-order valence-electron chi connectivity index (χ3n) is 15.5. The number of amides is 7. The Hall–Kier alpha value is -5.18. The van der Waals surface area contributed by atoms with Crippen LogP contribution in [-0.4, -0.2) is 143 Å². The molecule has 6 fully saturated rings. The molecular formula is C48H73N11O9. The van der Waals surface area contributed by atoms with Gasteiger partial charge in [0.15, 0.2) is 5.78 Å². The summed E-state index contributed by atoms with van der Waals surface area (Å²) in [6, 6.07) is 4.56. The number of methoxy groups -OCH3 is 1. The minimum absolute atomic E-state index is 0.0394. The number of carbonyl (C=O) groups excluding carboxylic acids is 8. The Bertz CT molecular complexity index is 2000. The van der Waals surface area contributed by atoms with Gasteiger partial charge in [-0.15, -0.1) is 0 Å². The Labute approximate surface area is 398 Å². The fraction of sp³-hybridized carbons (Fsp3) is 0.708. The summed E-state index contributed by atoms with van der Waals surface area (Å²) < 4.78 is 5.19. The first-order chi connectivity index (χ1) is 32.7. The number of ether oxygens (including phenoxy) is 1. The van der Waals surface area contributed by atoms with Crippen molar-refractivity contribution >= 4 is 47.1 Å². The Balaban J connectivity index is 0.860. The molecule has 12 N–H and O–H groups in total. The van der Waals surface area contributed by atoms with Gasteiger partial charge in [0.05, 0.1) is 73.2 Å². The molecule has 3 saturated carbocycles. The summed E-state index contributed by atoms with van der Waals surface area (Å²) in [7, 11) is 1.57. The van der Waals surface area contributed by atoms with Crippen molar-refractivity contribution < 1.29 is 43.1 Å². The van der Waals surface area contributed by atoms with Crippen molar-refractivity contribution in [3.63, 3.8) is 0 Å². The highest BCUT2D eigenvalue weighted by Crippen LogP contribution is 2.30. The lowest BCUT2D eigenvalue weighted by Crippen LogP contribution is -2.55. The van der Waals surface area contributed by atoms with Gasteiger partial charge in [0.2, 0.25) is 41.4 Å². The molecule has 374 valence electrons. The van der Waals surface area contributed by atoms with E-state index in [-0.39, 0.29) is 72.2 Å². The maximum atomic E-state index is 13.9. The zero-order valence-electron chi connectivity index (χ0n) is 39.7. The molecule has 6 aliphatic rings. The van der Waals surface area contributed by atoms with Crippen LogP contribution in [0.4, 0.5) is 0 Å². The van der Waals surface area contributed by atoms with E-state index < -0.39 is 71.6 Å². The molecule has 1 aromatic carbocycles. The number of hydrogen-bond acceptors (Lipinski definition) is 13. The molecule has 1 aromatic rings. The molecule has 0 radical (unpaired) electrons. The van der Waals surface area contributed by atoms with E-state index in [0.717, 1.165) is 25.7 Å². The lowest BCUT2D eigenvalue weighted by Gasteiger charge is -2.28. The summed E-state index contributed by atoms with van der Waals surface area (Å²) in [6.45, 7) is 6.30. The van der Waals surface area contributed by atoms with Crippen molar-refractivity contribution in [1.29, 1.82) is 0 Å². The number of benzene rings is 1. The number of rotatable bonds is 20. The van der Waals surface area contributed by atoms with Gasteiger partial charge in [-0.2, -0.15) is 0 Å². The molecule has 7 rings (SSSR count). The molecular weight excluding hydrogens is 875 g/mol. The van der Waals surface area contributed by atoms with E-state index in [9.17, 15) is 38.4 Å². The Kier molecular flexibility index (Phi) is 17.5. The zero-order valence-corrected chi connectivity index (χ0v) is 39.7. The van der Waals surface area contributed by atoms with Crippen LogP contribution in [0.15, 0.2) is 24.3 Å². The van der Waals surface area contributed by atoms with Gasteiger partial charge in [-0.05, 0) is 68.7 Å². The molecule has 0 aromatic heterocycles. The van der Waals surface area contributed by atoms with Crippen molar-refractivity contribution in [1.82, 2.24) is 53.2 Å². The Morgan fingerprint density at radius 3 is 1.37 bits per heavy atom. The number of carbonyl (C=O) groups is 8. The van der Waals surface area contributed by atoms with Gasteiger partial charge in [0.1, 0.15) is 5.75 Å². The van der Waals surface area contributed by atoms with Crippen LogP contribution in [0.5, 0.6) is 5.75 Å². The quantitative estimate of drug-likeness (QED) is 0.0644. The lowest BCUT2D eigenvalue weighted by molar-refractivity contribution is -0.131. The summed E-state index contributed by atoms with van der Waals surface area (Å²) in [5.74, 6) is -4.72. The first kappa shape index (κ1) is 50.7. The molecule has 3 aliphatic carbocycles. The highest BCUT2D eigenvalue weighted by atomic mass is 16.5. The predicted molar refractivity (Wildman–Crippen MR) is 250 cm³/mol. The number of nitrogens with two attached hydrogens (primary N) is 1. The SMILES string of the molecule is COc1ccc(C(=O)CNC2CCCC2C(=O)NC2CNCC2C(=O)NC2CCCC2C(=O)NC2CNCC2C(=O)NC2CCCC2C(=O)NC2CNCC2C(=O)NCC(C(N)=O)C(C)C)cc1. The molecule has 0 spiro atoms. The largest absolute Gasteiger partial charge is 0.497 e. The summed E-state index contributed by atoms with van der Waals surface area (Å²) in [5, 5.41) is 31.4. The fourth-order valence-electron chi connectivity index (χ4n) is 11.3. The third kappa shape index (κ3) is 12.3. The number of nitrogens with one attached hydrogen (secondary N) is 10. The van der Waals surface area contributed by atoms with Crippen LogP contribution in [0.1, 0.15) is 82.0 Å². The van der Waals surface area contributed by atoms with E-state index in [4.69, 9.17) is 10.5 Å². The average molecular weight is 948 g/mol. The van der Waals surface area contributed by atoms with E-state index in [2.05, 4.69) is 53.2 Å². The first-order valence-electron chi connectivity index (χ1n) is 24.8. The van der Waals surface area contributed by atoms with Crippen LogP contribution in [0.25, 0.3) is 0 Å². The second-order valence-corrected chi connectivity index (χ2v) is 20.1. The highest BCUT2D eigenvalue weighted by Gasteiger charge is 2.44. The monoisotopic (exact) mass is 948 g/mol. The van der Waals surface area contributed by atoms with E-state index in [1.807, 2.05) is 13.8 Å². The van der Waals surface area contributed by atoms with E-state index in [1.165, 1.54) is 0 Å². The second kappa shape index (κ2) is 23.4. The number of primary amides is 1. The summed E-state index contributed by atoms with van der Waals surface area (Å²) in [4.78, 5) is 107.